The highest BCUT2D eigenvalue weighted by Gasteiger charge is 2.36. The molecule has 0 amide bonds. The number of hydrogen-bond acceptors (Lipinski definition) is 2. The summed E-state index contributed by atoms with van der Waals surface area (Å²) >= 11 is 0. The summed E-state index contributed by atoms with van der Waals surface area (Å²) in [6.45, 7) is 12.4. The first-order valence-corrected chi connectivity index (χ1v) is 4.92. The average molecular weight is 241 g/mol. The van der Waals surface area contributed by atoms with E-state index in [9.17, 15) is 18.0 Å². The standard InChI is InChI=1S/C6H15N.C4H3F3O2/c1-4-7(5-2)6-3;1-2(3(8)9)4(5,6)7/h4-6H2,1-3H3;1H2,(H,8,9). The number of halogens is 3. The predicted octanol–water partition coefficient (Wildman–Crippen LogP) is 2.54. The number of carbonyl (C=O) groups is 1. The highest BCUT2D eigenvalue weighted by Crippen LogP contribution is 2.23. The summed E-state index contributed by atoms with van der Waals surface area (Å²) < 4.78 is 33.7. The molecule has 6 heteroatoms. The molecule has 0 aromatic carbocycles. The molecule has 0 atom stereocenters. The summed E-state index contributed by atoms with van der Waals surface area (Å²) in [5, 5.41) is 7.70. The first kappa shape index (κ1) is 17.4. The maximum Gasteiger partial charge on any atom is 0.422 e. The van der Waals surface area contributed by atoms with E-state index in [1.54, 1.807) is 0 Å². The zero-order valence-electron chi connectivity index (χ0n) is 9.76. The third-order valence-corrected chi connectivity index (χ3v) is 1.94. The molecule has 0 unspecified atom stereocenters. The van der Waals surface area contributed by atoms with Gasteiger partial charge >= 0.3 is 12.1 Å². The van der Waals surface area contributed by atoms with E-state index in [0.29, 0.717) is 0 Å². The first-order valence-electron chi connectivity index (χ1n) is 4.92. The minimum absolute atomic E-state index is 1.19. The molecule has 0 heterocycles. The van der Waals surface area contributed by atoms with Crippen molar-refractivity contribution in [1.82, 2.24) is 4.90 Å². The van der Waals surface area contributed by atoms with Gasteiger partial charge in [0.25, 0.3) is 0 Å². The van der Waals surface area contributed by atoms with Crippen molar-refractivity contribution in [3.05, 3.63) is 12.2 Å². The van der Waals surface area contributed by atoms with Crippen LogP contribution in [0.4, 0.5) is 13.2 Å². The maximum absolute atomic E-state index is 11.2. The Hall–Kier alpha value is -1.04. The largest absolute Gasteiger partial charge is 0.478 e. The quantitative estimate of drug-likeness (QED) is 0.769. The average Bonchev–Trinajstić information content (AvgIpc) is 2.19. The van der Waals surface area contributed by atoms with Crippen LogP contribution >= 0.6 is 0 Å². The molecule has 0 fully saturated rings. The van der Waals surface area contributed by atoms with Crippen molar-refractivity contribution in [2.75, 3.05) is 19.6 Å². The van der Waals surface area contributed by atoms with Crippen molar-refractivity contribution >= 4 is 5.97 Å². The molecular weight excluding hydrogens is 223 g/mol. The summed E-state index contributed by atoms with van der Waals surface area (Å²) in [7, 11) is 0. The van der Waals surface area contributed by atoms with E-state index < -0.39 is 17.7 Å². The van der Waals surface area contributed by atoms with Crippen LogP contribution in [0.2, 0.25) is 0 Å². The van der Waals surface area contributed by atoms with E-state index in [1.165, 1.54) is 19.6 Å². The lowest BCUT2D eigenvalue weighted by atomic mass is 10.3. The van der Waals surface area contributed by atoms with Crippen molar-refractivity contribution in [3.63, 3.8) is 0 Å². The smallest absolute Gasteiger partial charge is 0.422 e. The van der Waals surface area contributed by atoms with E-state index >= 15 is 0 Å². The Morgan fingerprint density at radius 1 is 1.19 bits per heavy atom. The number of carboxylic acids is 1. The number of nitrogens with zero attached hydrogens (tertiary/aromatic N) is 1. The summed E-state index contributed by atoms with van der Waals surface area (Å²) in [6.07, 6.45) is -4.81. The Balaban J connectivity index is 0. The summed E-state index contributed by atoms with van der Waals surface area (Å²) in [4.78, 5) is 11.9. The van der Waals surface area contributed by atoms with Crippen LogP contribution in [0, 0.1) is 0 Å². The second-order valence-electron chi connectivity index (χ2n) is 2.90. The van der Waals surface area contributed by atoms with Crippen LogP contribution in [0.3, 0.4) is 0 Å². The summed E-state index contributed by atoms with van der Waals surface area (Å²) in [5.41, 5.74) is -1.75. The number of aliphatic carboxylic acids is 1. The molecule has 3 nitrogen and oxygen atoms in total. The van der Waals surface area contributed by atoms with Crippen LogP contribution in [0.1, 0.15) is 20.8 Å². The molecule has 0 aromatic rings. The van der Waals surface area contributed by atoms with Gasteiger partial charge in [-0.05, 0) is 19.6 Å². The lowest BCUT2D eigenvalue weighted by Crippen LogP contribution is -2.21. The highest BCUT2D eigenvalue weighted by atomic mass is 19.4. The fourth-order valence-electron chi connectivity index (χ4n) is 0.792. The molecule has 1 N–H and O–H groups in total. The Bertz CT molecular complexity index is 217. The molecule has 0 saturated heterocycles. The van der Waals surface area contributed by atoms with Gasteiger partial charge in [0.05, 0.1) is 0 Å². The van der Waals surface area contributed by atoms with Gasteiger partial charge in [-0.25, -0.2) is 4.79 Å². The van der Waals surface area contributed by atoms with E-state index in [4.69, 9.17) is 5.11 Å². The van der Waals surface area contributed by atoms with Crippen LogP contribution in [0.15, 0.2) is 12.2 Å². The normalized spacial score (nSPS) is 10.7. The van der Waals surface area contributed by atoms with Crippen LogP contribution < -0.4 is 0 Å². The second-order valence-corrected chi connectivity index (χ2v) is 2.90. The van der Waals surface area contributed by atoms with Crippen molar-refractivity contribution < 1.29 is 23.1 Å². The molecule has 0 spiro atoms. The van der Waals surface area contributed by atoms with Crippen LogP contribution in [-0.2, 0) is 4.79 Å². The van der Waals surface area contributed by atoms with Gasteiger partial charge in [-0.2, -0.15) is 13.2 Å². The lowest BCUT2D eigenvalue weighted by Gasteiger charge is -2.13. The van der Waals surface area contributed by atoms with Crippen LogP contribution in [0.5, 0.6) is 0 Å². The van der Waals surface area contributed by atoms with Gasteiger partial charge in [-0.1, -0.05) is 27.4 Å². The highest BCUT2D eigenvalue weighted by molar-refractivity contribution is 5.87. The molecule has 0 bridgehead atoms. The number of carboxylic acid groups (broad SMARTS) is 1. The van der Waals surface area contributed by atoms with E-state index in [0.717, 1.165) is 0 Å². The van der Waals surface area contributed by atoms with E-state index in [1.807, 2.05) is 0 Å². The van der Waals surface area contributed by atoms with Gasteiger partial charge in [0.1, 0.15) is 5.57 Å². The second kappa shape index (κ2) is 8.15. The van der Waals surface area contributed by atoms with Gasteiger partial charge in [-0.15, -0.1) is 0 Å². The van der Waals surface area contributed by atoms with E-state index in [2.05, 4.69) is 32.3 Å². The molecule has 96 valence electrons. The van der Waals surface area contributed by atoms with Crippen molar-refractivity contribution in [3.8, 4) is 0 Å². The van der Waals surface area contributed by atoms with Crippen molar-refractivity contribution in [2.24, 2.45) is 0 Å². The zero-order valence-corrected chi connectivity index (χ0v) is 9.76. The van der Waals surface area contributed by atoms with Crippen molar-refractivity contribution in [1.29, 1.82) is 0 Å². The lowest BCUT2D eigenvalue weighted by molar-refractivity contribution is -0.144. The Morgan fingerprint density at radius 3 is 1.50 bits per heavy atom. The monoisotopic (exact) mass is 241 g/mol. The number of hydrogen-bond donors (Lipinski definition) is 1. The third-order valence-electron chi connectivity index (χ3n) is 1.94. The number of rotatable bonds is 4. The van der Waals surface area contributed by atoms with Gasteiger partial charge in [-0.3, -0.25) is 0 Å². The SMILES string of the molecule is C=C(C(=O)O)C(F)(F)F.CCN(CC)CC. The molecule has 0 rings (SSSR count). The summed E-state index contributed by atoms with van der Waals surface area (Å²) in [6, 6.07) is 0. The fourth-order valence-corrected chi connectivity index (χ4v) is 0.792. The third kappa shape index (κ3) is 8.28. The maximum atomic E-state index is 11.2. The molecule has 0 aliphatic rings. The molecule has 0 saturated carbocycles. The Kier molecular flexibility index (Phi) is 8.84. The minimum Gasteiger partial charge on any atom is -0.478 e. The molecule has 16 heavy (non-hydrogen) atoms. The van der Waals surface area contributed by atoms with E-state index in [-0.39, 0.29) is 0 Å². The predicted molar refractivity (Wildman–Crippen MR) is 56.3 cm³/mol. The van der Waals surface area contributed by atoms with Crippen LogP contribution in [-0.4, -0.2) is 41.8 Å². The van der Waals surface area contributed by atoms with Gasteiger partial charge in [0, 0.05) is 0 Å². The van der Waals surface area contributed by atoms with Gasteiger partial charge in [0.15, 0.2) is 0 Å². The molecule has 0 radical (unpaired) electrons. The molecule has 0 aliphatic carbocycles. The van der Waals surface area contributed by atoms with Crippen LogP contribution in [0.25, 0.3) is 0 Å². The Labute approximate surface area is 93.6 Å². The first-order chi connectivity index (χ1) is 7.20. The van der Waals surface area contributed by atoms with Gasteiger partial charge in [0.2, 0.25) is 0 Å². The van der Waals surface area contributed by atoms with Gasteiger partial charge < -0.3 is 10.0 Å². The van der Waals surface area contributed by atoms with Crippen molar-refractivity contribution in [2.45, 2.75) is 26.9 Å². The summed E-state index contributed by atoms with van der Waals surface area (Å²) in [5.74, 6) is -2.04. The fraction of sp³-hybridized carbons (Fsp3) is 0.700. The minimum atomic E-state index is -4.81. The Morgan fingerprint density at radius 2 is 1.50 bits per heavy atom. The molecule has 0 aliphatic heterocycles. The molecular formula is C10H18F3NO2. The topological polar surface area (TPSA) is 40.5 Å². The number of alkyl halides is 3. The zero-order chi connectivity index (χ0) is 13.4. The molecule has 0 aromatic heterocycles.